The molecule has 1 fully saturated rings. The van der Waals surface area contributed by atoms with Crippen LogP contribution in [0.1, 0.15) is 24.8 Å². The third-order valence-corrected chi connectivity index (χ3v) is 3.34. The van der Waals surface area contributed by atoms with Crippen molar-refractivity contribution in [2.45, 2.75) is 19.3 Å². The highest BCUT2D eigenvalue weighted by molar-refractivity contribution is 6.35. The van der Waals surface area contributed by atoms with Crippen LogP contribution in [-0.2, 0) is 9.59 Å². The SMILES string of the molecule is O=C(N/N=C/c1ccc(Cl)cc1)C(=O)N1CCCCC1. The summed E-state index contributed by atoms with van der Waals surface area (Å²) in [6, 6.07) is 6.99. The average molecular weight is 294 g/mol. The monoisotopic (exact) mass is 293 g/mol. The number of nitrogens with zero attached hydrogens (tertiary/aromatic N) is 2. The molecule has 0 aromatic heterocycles. The van der Waals surface area contributed by atoms with Crippen molar-refractivity contribution in [2.24, 2.45) is 5.10 Å². The summed E-state index contributed by atoms with van der Waals surface area (Å²) in [6.07, 6.45) is 4.48. The van der Waals surface area contributed by atoms with Crippen molar-refractivity contribution in [1.82, 2.24) is 10.3 Å². The molecule has 1 heterocycles. The Balaban J connectivity index is 1.84. The minimum atomic E-state index is -0.697. The summed E-state index contributed by atoms with van der Waals surface area (Å²) in [4.78, 5) is 25.0. The fourth-order valence-electron chi connectivity index (χ4n) is 2.00. The molecule has 106 valence electrons. The molecular formula is C14H16ClN3O2. The van der Waals surface area contributed by atoms with Gasteiger partial charge < -0.3 is 4.90 Å². The molecule has 0 aliphatic carbocycles. The molecule has 1 aromatic rings. The second kappa shape index (κ2) is 7.05. The lowest BCUT2D eigenvalue weighted by Gasteiger charge is -2.25. The summed E-state index contributed by atoms with van der Waals surface area (Å²) in [6.45, 7) is 1.29. The lowest BCUT2D eigenvalue weighted by Crippen LogP contribution is -2.43. The van der Waals surface area contributed by atoms with E-state index in [2.05, 4.69) is 10.5 Å². The maximum Gasteiger partial charge on any atom is 0.329 e. The smallest absolute Gasteiger partial charge is 0.329 e. The molecule has 0 unspecified atom stereocenters. The van der Waals surface area contributed by atoms with Crippen LogP contribution in [0.4, 0.5) is 0 Å². The van der Waals surface area contributed by atoms with Gasteiger partial charge in [-0.2, -0.15) is 5.10 Å². The van der Waals surface area contributed by atoms with Gasteiger partial charge >= 0.3 is 11.8 Å². The van der Waals surface area contributed by atoms with Gasteiger partial charge in [0, 0.05) is 18.1 Å². The van der Waals surface area contributed by atoms with E-state index >= 15 is 0 Å². The van der Waals surface area contributed by atoms with Crippen LogP contribution < -0.4 is 5.43 Å². The van der Waals surface area contributed by atoms with Crippen molar-refractivity contribution in [3.8, 4) is 0 Å². The molecule has 0 bridgehead atoms. The maximum atomic E-state index is 11.8. The number of piperidine rings is 1. The zero-order chi connectivity index (χ0) is 14.4. The second-order valence-electron chi connectivity index (χ2n) is 4.60. The summed E-state index contributed by atoms with van der Waals surface area (Å²) in [5.41, 5.74) is 3.04. The first-order chi connectivity index (χ1) is 9.66. The fraction of sp³-hybridized carbons (Fsp3) is 0.357. The van der Waals surface area contributed by atoms with E-state index in [1.54, 1.807) is 29.2 Å². The van der Waals surface area contributed by atoms with E-state index in [0.717, 1.165) is 24.8 Å². The molecule has 0 atom stereocenters. The molecule has 1 aromatic carbocycles. The Hall–Kier alpha value is -1.88. The number of nitrogens with one attached hydrogen (secondary N) is 1. The van der Waals surface area contributed by atoms with Crippen LogP contribution in [0, 0.1) is 0 Å². The average Bonchev–Trinajstić information content (AvgIpc) is 2.49. The first kappa shape index (κ1) is 14.5. The molecule has 2 rings (SSSR count). The Morgan fingerprint density at radius 1 is 1.15 bits per heavy atom. The minimum absolute atomic E-state index is 0.516. The lowest BCUT2D eigenvalue weighted by molar-refractivity contribution is -0.146. The fourth-order valence-corrected chi connectivity index (χ4v) is 2.13. The molecular weight excluding hydrogens is 278 g/mol. The van der Waals surface area contributed by atoms with Crippen LogP contribution in [0.2, 0.25) is 5.02 Å². The first-order valence-corrected chi connectivity index (χ1v) is 6.92. The number of amides is 2. The second-order valence-corrected chi connectivity index (χ2v) is 5.04. The van der Waals surface area contributed by atoms with Crippen LogP contribution in [0.25, 0.3) is 0 Å². The van der Waals surface area contributed by atoms with Crippen LogP contribution >= 0.6 is 11.6 Å². The van der Waals surface area contributed by atoms with Gasteiger partial charge in [0.15, 0.2) is 0 Å². The van der Waals surface area contributed by atoms with Crippen molar-refractivity contribution in [2.75, 3.05) is 13.1 Å². The highest BCUT2D eigenvalue weighted by Gasteiger charge is 2.22. The number of carbonyl (C=O) groups is 2. The van der Waals surface area contributed by atoms with Crippen molar-refractivity contribution in [3.63, 3.8) is 0 Å². The Bertz CT molecular complexity index is 508. The van der Waals surface area contributed by atoms with Gasteiger partial charge in [0.1, 0.15) is 0 Å². The summed E-state index contributed by atoms with van der Waals surface area (Å²) >= 11 is 5.76. The summed E-state index contributed by atoms with van der Waals surface area (Å²) < 4.78 is 0. The van der Waals surface area contributed by atoms with E-state index in [4.69, 9.17) is 11.6 Å². The van der Waals surface area contributed by atoms with E-state index in [1.807, 2.05) is 0 Å². The lowest BCUT2D eigenvalue weighted by atomic mass is 10.1. The van der Waals surface area contributed by atoms with E-state index < -0.39 is 11.8 Å². The van der Waals surface area contributed by atoms with Crippen molar-refractivity contribution >= 4 is 29.6 Å². The number of hydrogen-bond donors (Lipinski definition) is 1. The Morgan fingerprint density at radius 3 is 2.45 bits per heavy atom. The number of benzene rings is 1. The molecule has 20 heavy (non-hydrogen) atoms. The molecule has 1 aliphatic rings. The van der Waals surface area contributed by atoms with Gasteiger partial charge in [-0.15, -0.1) is 0 Å². The van der Waals surface area contributed by atoms with Gasteiger partial charge in [0.05, 0.1) is 6.21 Å². The largest absolute Gasteiger partial charge is 0.334 e. The van der Waals surface area contributed by atoms with Gasteiger partial charge in [0.2, 0.25) is 0 Å². The molecule has 5 nitrogen and oxygen atoms in total. The molecule has 0 spiro atoms. The van der Waals surface area contributed by atoms with Crippen LogP contribution in [0.15, 0.2) is 29.4 Å². The molecule has 1 N–H and O–H groups in total. The van der Waals surface area contributed by atoms with Crippen molar-refractivity contribution in [3.05, 3.63) is 34.9 Å². The third kappa shape index (κ3) is 4.06. The molecule has 0 radical (unpaired) electrons. The number of rotatable bonds is 2. The Kier molecular flexibility index (Phi) is 5.12. The quantitative estimate of drug-likeness (QED) is 0.513. The minimum Gasteiger partial charge on any atom is -0.334 e. The topological polar surface area (TPSA) is 61.8 Å². The Labute approximate surface area is 122 Å². The van der Waals surface area contributed by atoms with E-state index in [9.17, 15) is 9.59 Å². The number of carbonyl (C=O) groups excluding carboxylic acids is 2. The van der Waals surface area contributed by atoms with E-state index in [1.165, 1.54) is 6.21 Å². The van der Waals surface area contributed by atoms with Crippen LogP contribution in [0.3, 0.4) is 0 Å². The van der Waals surface area contributed by atoms with E-state index in [-0.39, 0.29) is 0 Å². The van der Waals surface area contributed by atoms with Crippen LogP contribution in [0.5, 0.6) is 0 Å². The highest BCUT2D eigenvalue weighted by Crippen LogP contribution is 2.09. The molecule has 2 amide bonds. The van der Waals surface area contributed by atoms with Gasteiger partial charge in [-0.05, 0) is 37.0 Å². The molecule has 1 aliphatic heterocycles. The van der Waals surface area contributed by atoms with Crippen LogP contribution in [-0.4, -0.2) is 36.0 Å². The van der Waals surface area contributed by atoms with Gasteiger partial charge in [-0.25, -0.2) is 5.43 Å². The standard InChI is InChI=1S/C14H16ClN3O2/c15-12-6-4-11(5-7-12)10-16-17-13(19)14(20)18-8-2-1-3-9-18/h4-7,10H,1-3,8-9H2,(H,17,19)/b16-10+. The predicted octanol–water partition coefficient (Wildman–Crippen LogP) is 1.80. The predicted molar refractivity (Wildman–Crippen MR) is 77.6 cm³/mol. The Morgan fingerprint density at radius 2 is 1.80 bits per heavy atom. The summed E-state index contributed by atoms with van der Waals surface area (Å²) in [5, 5.41) is 4.40. The normalized spacial score (nSPS) is 15.3. The van der Waals surface area contributed by atoms with Gasteiger partial charge in [0.25, 0.3) is 0 Å². The van der Waals surface area contributed by atoms with Gasteiger partial charge in [-0.3, -0.25) is 9.59 Å². The van der Waals surface area contributed by atoms with Crippen molar-refractivity contribution in [1.29, 1.82) is 0 Å². The molecule has 1 saturated heterocycles. The highest BCUT2D eigenvalue weighted by atomic mass is 35.5. The zero-order valence-corrected chi connectivity index (χ0v) is 11.8. The number of hydrogen-bond acceptors (Lipinski definition) is 3. The number of hydrazone groups is 1. The summed E-state index contributed by atoms with van der Waals surface area (Å²) in [7, 11) is 0. The maximum absolute atomic E-state index is 11.8. The summed E-state index contributed by atoms with van der Waals surface area (Å²) in [5.74, 6) is -1.21. The molecule has 0 saturated carbocycles. The number of halogens is 1. The van der Waals surface area contributed by atoms with Gasteiger partial charge in [-0.1, -0.05) is 23.7 Å². The first-order valence-electron chi connectivity index (χ1n) is 6.55. The van der Waals surface area contributed by atoms with Crippen molar-refractivity contribution < 1.29 is 9.59 Å². The zero-order valence-electron chi connectivity index (χ0n) is 11.0. The molecule has 6 heteroatoms. The number of likely N-dealkylation sites (tertiary alicyclic amines) is 1. The van der Waals surface area contributed by atoms with E-state index in [0.29, 0.717) is 18.1 Å². The third-order valence-electron chi connectivity index (χ3n) is 3.09.